The molecule has 120 valence electrons. The van der Waals surface area contributed by atoms with Gasteiger partial charge in [0.2, 0.25) is 11.3 Å². The monoisotopic (exact) mass is 320 g/mol. The van der Waals surface area contributed by atoms with Gasteiger partial charge >= 0.3 is 5.97 Å². The Morgan fingerprint density at radius 2 is 1.79 bits per heavy atom. The van der Waals surface area contributed by atoms with Gasteiger partial charge in [-0.05, 0) is 25.1 Å². The van der Waals surface area contributed by atoms with E-state index in [9.17, 15) is 9.59 Å². The number of anilines is 1. The molecule has 1 aliphatic rings. The number of para-hydroxylation sites is 2. The molecule has 5 heteroatoms. The van der Waals surface area contributed by atoms with Gasteiger partial charge in [0, 0.05) is 33.4 Å². The third kappa shape index (κ3) is 1.69. The fourth-order valence-corrected chi connectivity index (χ4v) is 3.59. The van der Waals surface area contributed by atoms with Crippen molar-refractivity contribution in [2.24, 2.45) is 0 Å². The lowest BCUT2D eigenvalue weighted by molar-refractivity contribution is -0.144. The zero-order chi connectivity index (χ0) is 16.9. The van der Waals surface area contributed by atoms with Crippen molar-refractivity contribution in [3.05, 3.63) is 65.4 Å². The number of aromatic amines is 1. The van der Waals surface area contributed by atoms with Crippen molar-refractivity contribution in [3.8, 4) is 0 Å². The highest BCUT2D eigenvalue weighted by molar-refractivity contribution is 6.26. The molecule has 1 unspecified atom stereocenters. The lowest BCUT2D eigenvalue weighted by atomic mass is 9.84. The number of nitrogens with one attached hydrogen (secondary N) is 2. The Bertz CT molecular complexity index is 989. The minimum atomic E-state index is -1.57. The molecule has 0 amide bonds. The van der Waals surface area contributed by atoms with Crippen LogP contribution >= 0.6 is 0 Å². The Morgan fingerprint density at radius 3 is 2.54 bits per heavy atom. The fourth-order valence-electron chi connectivity index (χ4n) is 3.59. The van der Waals surface area contributed by atoms with Crippen molar-refractivity contribution in [2.75, 3.05) is 12.4 Å². The Balaban J connectivity index is 2.05. The van der Waals surface area contributed by atoms with Crippen LogP contribution < -0.4 is 5.32 Å². The first-order valence-electron chi connectivity index (χ1n) is 7.68. The molecule has 0 saturated carbocycles. The van der Waals surface area contributed by atoms with Crippen LogP contribution in [0.25, 0.3) is 10.9 Å². The average molecular weight is 320 g/mol. The van der Waals surface area contributed by atoms with Gasteiger partial charge in [-0.2, -0.15) is 0 Å². The number of methoxy groups -OCH3 is 1. The van der Waals surface area contributed by atoms with Gasteiger partial charge in [0.05, 0.1) is 7.11 Å². The Hall–Kier alpha value is -3.08. The minimum Gasteiger partial charge on any atom is -0.467 e. The Labute approximate surface area is 138 Å². The summed E-state index contributed by atoms with van der Waals surface area (Å²) >= 11 is 0. The predicted octanol–water partition coefficient (Wildman–Crippen LogP) is 3.15. The van der Waals surface area contributed by atoms with Crippen LogP contribution in [0.3, 0.4) is 0 Å². The summed E-state index contributed by atoms with van der Waals surface area (Å²) in [7, 11) is 1.30. The maximum Gasteiger partial charge on any atom is 0.344 e. The highest BCUT2D eigenvalue weighted by Crippen LogP contribution is 2.43. The summed E-state index contributed by atoms with van der Waals surface area (Å²) < 4.78 is 5.03. The average Bonchev–Trinajstić information content (AvgIpc) is 3.09. The number of hydrogen-bond donors (Lipinski definition) is 2. The first-order chi connectivity index (χ1) is 11.6. The Kier molecular flexibility index (Phi) is 3.00. The van der Waals surface area contributed by atoms with E-state index in [4.69, 9.17) is 4.74 Å². The molecule has 5 nitrogen and oxygen atoms in total. The first kappa shape index (κ1) is 14.5. The number of hydrogen-bond acceptors (Lipinski definition) is 4. The molecule has 1 atom stereocenters. The second-order valence-electron chi connectivity index (χ2n) is 5.91. The summed E-state index contributed by atoms with van der Waals surface area (Å²) in [6.45, 7) is 1.86. The van der Waals surface area contributed by atoms with Gasteiger partial charge in [-0.3, -0.25) is 4.79 Å². The molecule has 0 fully saturated rings. The molecule has 24 heavy (non-hydrogen) atoms. The molecule has 2 heterocycles. The topological polar surface area (TPSA) is 71.2 Å². The van der Waals surface area contributed by atoms with E-state index in [1.54, 1.807) is 18.2 Å². The van der Waals surface area contributed by atoms with E-state index in [2.05, 4.69) is 10.3 Å². The molecule has 4 rings (SSSR count). The zero-order valence-corrected chi connectivity index (χ0v) is 13.3. The van der Waals surface area contributed by atoms with E-state index in [0.717, 1.165) is 16.6 Å². The number of fused-ring (bicyclic) bond motifs is 2. The normalized spacial score (nSPS) is 19.2. The number of aromatic nitrogens is 1. The highest BCUT2D eigenvalue weighted by Gasteiger charge is 2.55. The molecule has 2 N–H and O–H groups in total. The summed E-state index contributed by atoms with van der Waals surface area (Å²) in [6.07, 6.45) is 0. The smallest absolute Gasteiger partial charge is 0.344 e. The van der Waals surface area contributed by atoms with Crippen molar-refractivity contribution in [3.63, 3.8) is 0 Å². The third-order valence-corrected chi connectivity index (χ3v) is 4.59. The molecule has 0 bridgehead atoms. The standard InChI is InChI=1S/C19H16N2O3/c1-11-16(12-7-3-5-9-14(12)20-11)19(18(23)24-2)17(22)13-8-4-6-10-15(13)21-19/h3-10,20-21H,1-2H3. The molecule has 1 aromatic heterocycles. The number of rotatable bonds is 2. The second-order valence-corrected chi connectivity index (χ2v) is 5.91. The van der Waals surface area contributed by atoms with Crippen molar-refractivity contribution >= 4 is 28.3 Å². The second kappa shape index (κ2) is 4.96. The van der Waals surface area contributed by atoms with Crippen LogP contribution in [0.5, 0.6) is 0 Å². The number of aryl methyl sites for hydroxylation is 1. The van der Waals surface area contributed by atoms with E-state index < -0.39 is 11.5 Å². The van der Waals surface area contributed by atoms with Gasteiger partial charge in [0.25, 0.3) is 0 Å². The number of Topliss-reactive ketones (excluding diaryl/α,β-unsaturated/α-hetero) is 1. The van der Waals surface area contributed by atoms with Gasteiger partial charge in [-0.15, -0.1) is 0 Å². The molecule has 0 aliphatic carbocycles. The van der Waals surface area contributed by atoms with Crippen LogP contribution in [0.15, 0.2) is 48.5 Å². The van der Waals surface area contributed by atoms with Crippen molar-refractivity contribution in [2.45, 2.75) is 12.5 Å². The van der Waals surface area contributed by atoms with Crippen LogP contribution in [-0.2, 0) is 15.1 Å². The van der Waals surface area contributed by atoms with E-state index in [0.29, 0.717) is 16.8 Å². The molecule has 0 radical (unpaired) electrons. The van der Waals surface area contributed by atoms with E-state index in [1.165, 1.54) is 7.11 Å². The van der Waals surface area contributed by atoms with Crippen molar-refractivity contribution in [1.29, 1.82) is 0 Å². The van der Waals surface area contributed by atoms with Crippen molar-refractivity contribution in [1.82, 2.24) is 4.98 Å². The van der Waals surface area contributed by atoms with Crippen molar-refractivity contribution < 1.29 is 14.3 Å². The van der Waals surface area contributed by atoms with E-state index in [1.807, 2.05) is 37.3 Å². The SMILES string of the molecule is COC(=O)C1(c2c(C)[nH]c3ccccc23)Nc2ccccc2C1=O. The van der Waals surface area contributed by atoms with Crippen LogP contribution in [-0.4, -0.2) is 23.8 Å². The third-order valence-electron chi connectivity index (χ3n) is 4.59. The molecular weight excluding hydrogens is 304 g/mol. The predicted molar refractivity (Wildman–Crippen MR) is 91.1 cm³/mol. The lowest BCUT2D eigenvalue weighted by Gasteiger charge is -2.26. The number of esters is 1. The number of H-pyrrole nitrogens is 1. The van der Waals surface area contributed by atoms with Gasteiger partial charge < -0.3 is 15.0 Å². The molecular formula is C19H16N2O3. The molecule has 0 spiro atoms. The lowest BCUT2D eigenvalue weighted by Crippen LogP contribution is -2.47. The summed E-state index contributed by atoms with van der Waals surface area (Å²) in [6, 6.07) is 14.7. The number of benzene rings is 2. The zero-order valence-electron chi connectivity index (χ0n) is 13.3. The van der Waals surface area contributed by atoms with Gasteiger partial charge in [0.15, 0.2) is 0 Å². The molecule has 3 aromatic rings. The Morgan fingerprint density at radius 1 is 1.08 bits per heavy atom. The minimum absolute atomic E-state index is 0.294. The van der Waals surface area contributed by atoms with Crippen LogP contribution in [0.4, 0.5) is 5.69 Å². The highest BCUT2D eigenvalue weighted by atomic mass is 16.5. The van der Waals surface area contributed by atoms with Crippen LogP contribution in [0.1, 0.15) is 21.6 Å². The fraction of sp³-hybridized carbons (Fsp3) is 0.158. The van der Waals surface area contributed by atoms with Crippen LogP contribution in [0.2, 0.25) is 0 Å². The quantitative estimate of drug-likeness (QED) is 0.562. The summed E-state index contributed by atoms with van der Waals surface area (Å²) in [5.74, 6) is -0.908. The number of carbonyl (C=O) groups excluding carboxylic acids is 2. The largest absolute Gasteiger partial charge is 0.467 e. The summed E-state index contributed by atoms with van der Waals surface area (Å²) in [5.41, 5.74) is 1.81. The van der Waals surface area contributed by atoms with Gasteiger partial charge in [-0.1, -0.05) is 30.3 Å². The van der Waals surface area contributed by atoms with Gasteiger partial charge in [-0.25, -0.2) is 4.79 Å². The maximum absolute atomic E-state index is 13.2. The van der Waals surface area contributed by atoms with E-state index >= 15 is 0 Å². The summed E-state index contributed by atoms with van der Waals surface area (Å²) in [4.78, 5) is 29.3. The van der Waals surface area contributed by atoms with E-state index in [-0.39, 0.29) is 5.78 Å². The molecule has 1 aliphatic heterocycles. The maximum atomic E-state index is 13.2. The summed E-state index contributed by atoms with van der Waals surface area (Å²) in [5, 5.41) is 3.97. The van der Waals surface area contributed by atoms with Crippen LogP contribution in [0, 0.1) is 6.92 Å². The molecule has 2 aromatic carbocycles. The first-order valence-corrected chi connectivity index (χ1v) is 7.68. The van der Waals surface area contributed by atoms with Gasteiger partial charge in [0.1, 0.15) is 0 Å². The number of ether oxygens (including phenoxy) is 1. The number of ketones is 1. The molecule has 0 saturated heterocycles. The number of carbonyl (C=O) groups is 2.